The SMILES string of the molecule is CS(=O)(=O)c1ccc(-c2[nH]c(Cl)c(Cl)c2C#N)cc1. The van der Waals surface area contributed by atoms with E-state index >= 15 is 0 Å². The summed E-state index contributed by atoms with van der Waals surface area (Å²) in [5.74, 6) is 0. The molecule has 1 heterocycles. The molecule has 1 N–H and O–H groups in total. The number of nitriles is 1. The highest BCUT2D eigenvalue weighted by molar-refractivity contribution is 7.90. The third-order valence-corrected chi connectivity index (χ3v) is 4.47. The Balaban J connectivity index is 2.56. The van der Waals surface area contributed by atoms with Crippen molar-refractivity contribution in [3.63, 3.8) is 0 Å². The predicted molar refractivity (Wildman–Crippen MR) is 74.1 cm³/mol. The molecule has 2 aromatic rings. The van der Waals surface area contributed by atoms with Crippen molar-refractivity contribution in [1.82, 2.24) is 4.98 Å². The minimum atomic E-state index is -3.25. The van der Waals surface area contributed by atoms with E-state index in [0.29, 0.717) is 11.3 Å². The molecule has 0 saturated carbocycles. The highest BCUT2D eigenvalue weighted by Crippen LogP contribution is 2.34. The van der Waals surface area contributed by atoms with Gasteiger partial charge in [0.2, 0.25) is 0 Å². The first-order valence-corrected chi connectivity index (χ1v) is 7.77. The molecule has 2 rings (SSSR count). The number of hydrogen-bond donors (Lipinski definition) is 1. The van der Waals surface area contributed by atoms with Gasteiger partial charge in [-0.25, -0.2) is 8.42 Å². The van der Waals surface area contributed by atoms with Gasteiger partial charge in [-0.15, -0.1) is 0 Å². The first-order chi connectivity index (χ1) is 8.84. The second-order valence-electron chi connectivity index (χ2n) is 3.91. The van der Waals surface area contributed by atoms with Crippen LogP contribution in [0.2, 0.25) is 10.2 Å². The number of sulfone groups is 1. The molecule has 0 aliphatic carbocycles. The fraction of sp³-hybridized carbons (Fsp3) is 0.0833. The highest BCUT2D eigenvalue weighted by Gasteiger charge is 2.16. The van der Waals surface area contributed by atoms with Crippen LogP contribution in [0.15, 0.2) is 29.2 Å². The van der Waals surface area contributed by atoms with E-state index in [-0.39, 0.29) is 20.6 Å². The van der Waals surface area contributed by atoms with Crippen LogP contribution in [0.1, 0.15) is 5.56 Å². The van der Waals surface area contributed by atoms with Gasteiger partial charge < -0.3 is 4.98 Å². The molecule has 7 heteroatoms. The van der Waals surface area contributed by atoms with Gasteiger partial charge in [-0.2, -0.15) is 5.26 Å². The number of nitrogens with zero attached hydrogens (tertiary/aromatic N) is 1. The molecule has 0 spiro atoms. The number of halogens is 2. The molecule has 4 nitrogen and oxygen atoms in total. The average Bonchev–Trinajstić information content (AvgIpc) is 2.64. The maximum atomic E-state index is 11.4. The lowest BCUT2D eigenvalue weighted by Gasteiger charge is -2.02. The minimum absolute atomic E-state index is 0.159. The van der Waals surface area contributed by atoms with Crippen LogP contribution in [-0.4, -0.2) is 19.7 Å². The second-order valence-corrected chi connectivity index (χ2v) is 6.68. The standard InChI is InChI=1S/C12H8Cl2N2O2S/c1-19(17,18)8-4-2-7(3-5-8)11-9(6-15)10(13)12(14)16-11/h2-5,16H,1H3. The van der Waals surface area contributed by atoms with E-state index in [1.54, 1.807) is 12.1 Å². The van der Waals surface area contributed by atoms with Crippen LogP contribution in [0, 0.1) is 11.3 Å². The lowest BCUT2D eigenvalue weighted by Crippen LogP contribution is -1.96. The zero-order chi connectivity index (χ0) is 14.2. The lowest BCUT2D eigenvalue weighted by molar-refractivity contribution is 0.602. The molecule has 1 aromatic carbocycles. The predicted octanol–water partition coefficient (Wildman–Crippen LogP) is 3.26. The maximum Gasteiger partial charge on any atom is 0.175 e. The minimum Gasteiger partial charge on any atom is -0.343 e. The van der Waals surface area contributed by atoms with Crippen molar-refractivity contribution in [2.45, 2.75) is 4.90 Å². The van der Waals surface area contributed by atoms with E-state index in [2.05, 4.69) is 4.98 Å². The third-order valence-electron chi connectivity index (χ3n) is 2.58. The lowest BCUT2D eigenvalue weighted by atomic mass is 10.1. The van der Waals surface area contributed by atoms with Crippen molar-refractivity contribution in [3.8, 4) is 17.3 Å². The molecule has 98 valence electrons. The molecule has 0 atom stereocenters. The Bertz CT molecular complexity index is 771. The monoisotopic (exact) mass is 314 g/mol. The number of nitrogens with one attached hydrogen (secondary N) is 1. The summed E-state index contributed by atoms with van der Waals surface area (Å²) < 4.78 is 22.7. The fourth-order valence-corrected chi connectivity index (χ4v) is 2.64. The van der Waals surface area contributed by atoms with Gasteiger partial charge in [-0.1, -0.05) is 35.3 Å². The molecule has 0 fully saturated rings. The summed E-state index contributed by atoms with van der Waals surface area (Å²) in [5, 5.41) is 9.39. The first-order valence-electron chi connectivity index (χ1n) is 5.12. The van der Waals surface area contributed by atoms with E-state index in [1.165, 1.54) is 12.1 Å². The van der Waals surface area contributed by atoms with Crippen molar-refractivity contribution in [3.05, 3.63) is 40.0 Å². The largest absolute Gasteiger partial charge is 0.343 e. The highest BCUT2D eigenvalue weighted by atomic mass is 35.5. The first kappa shape index (κ1) is 13.9. The summed E-state index contributed by atoms with van der Waals surface area (Å²) in [5.41, 5.74) is 1.34. The molecule has 0 bridgehead atoms. The van der Waals surface area contributed by atoms with Crippen molar-refractivity contribution in [2.24, 2.45) is 0 Å². The normalized spacial score (nSPS) is 11.3. The maximum absolute atomic E-state index is 11.4. The van der Waals surface area contributed by atoms with Crippen molar-refractivity contribution in [1.29, 1.82) is 5.26 Å². The van der Waals surface area contributed by atoms with Crippen LogP contribution < -0.4 is 0 Å². The van der Waals surface area contributed by atoms with Crippen LogP contribution in [0.4, 0.5) is 0 Å². The Labute approximate surface area is 120 Å². The molecule has 0 aliphatic heterocycles. The number of H-pyrrole nitrogens is 1. The van der Waals surface area contributed by atoms with Crippen LogP contribution in [0.3, 0.4) is 0 Å². The average molecular weight is 315 g/mol. The van der Waals surface area contributed by atoms with E-state index in [4.69, 9.17) is 28.5 Å². The van der Waals surface area contributed by atoms with Gasteiger partial charge in [0, 0.05) is 6.26 Å². The molecule has 0 unspecified atom stereocenters. The fourth-order valence-electron chi connectivity index (χ4n) is 1.64. The van der Waals surface area contributed by atoms with Gasteiger partial charge >= 0.3 is 0 Å². The quantitative estimate of drug-likeness (QED) is 0.924. The Hall–Kier alpha value is -1.48. The third kappa shape index (κ3) is 2.61. The van der Waals surface area contributed by atoms with Crippen molar-refractivity contribution < 1.29 is 8.42 Å². The number of hydrogen-bond acceptors (Lipinski definition) is 3. The molecule has 19 heavy (non-hydrogen) atoms. The number of rotatable bonds is 2. The van der Waals surface area contributed by atoms with Crippen molar-refractivity contribution in [2.75, 3.05) is 6.26 Å². The van der Waals surface area contributed by atoms with Gasteiger partial charge in [0.25, 0.3) is 0 Å². The van der Waals surface area contributed by atoms with E-state index in [0.717, 1.165) is 6.26 Å². The van der Waals surface area contributed by atoms with Gasteiger partial charge in [0.1, 0.15) is 11.2 Å². The zero-order valence-electron chi connectivity index (χ0n) is 9.74. The molecule has 0 amide bonds. The molecule has 0 saturated heterocycles. The Morgan fingerprint density at radius 3 is 2.26 bits per heavy atom. The summed E-state index contributed by atoms with van der Waals surface area (Å²) in [6.07, 6.45) is 1.13. The van der Waals surface area contributed by atoms with E-state index in [1.807, 2.05) is 6.07 Å². The topological polar surface area (TPSA) is 73.7 Å². The van der Waals surface area contributed by atoms with Gasteiger partial charge in [0.05, 0.1) is 21.2 Å². The van der Waals surface area contributed by atoms with E-state index in [9.17, 15) is 8.42 Å². The molecule has 0 aliphatic rings. The van der Waals surface area contributed by atoms with E-state index < -0.39 is 9.84 Å². The van der Waals surface area contributed by atoms with Gasteiger partial charge in [-0.3, -0.25) is 0 Å². The summed E-state index contributed by atoms with van der Waals surface area (Å²) in [4.78, 5) is 3.01. The molecular weight excluding hydrogens is 307 g/mol. The van der Waals surface area contributed by atoms with Crippen LogP contribution >= 0.6 is 23.2 Å². The van der Waals surface area contributed by atoms with Crippen molar-refractivity contribution >= 4 is 33.0 Å². The summed E-state index contributed by atoms with van der Waals surface area (Å²) >= 11 is 11.7. The Morgan fingerprint density at radius 1 is 1.21 bits per heavy atom. The summed E-state index contributed by atoms with van der Waals surface area (Å²) in [6, 6.07) is 8.08. The number of benzene rings is 1. The Morgan fingerprint density at radius 2 is 1.79 bits per heavy atom. The second kappa shape index (κ2) is 4.89. The number of aromatic nitrogens is 1. The molecular formula is C12H8Cl2N2O2S. The smallest absolute Gasteiger partial charge is 0.175 e. The summed E-state index contributed by atoms with van der Waals surface area (Å²) in [7, 11) is -3.25. The van der Waals surface area contributed by atoms with Crippen LogP contribution in [0.25, 0.3) is 11.3 Å². The van der Waals surface area contributed by atoms with Gasteiger partial charge in [0.15, 0.2) is 9.84 Å². The number of aromatic amines is 1. The van der Waals surface area contributed by atoms with Crippen LogP contribution in [-0.2, 0) is 9.84 Å². The Kier molecular flexibility index (Phi) is 3.59. The van der Waals surface area contributed by atoms with Gasteiger partial charge in [-0.05, 0) is 17.7 Å². The molecule has 1 aromatic heterocycles. The zero-order valence-corrected chi connectivity index (χ0v) is 12.1. The molecule has 0 radical (unpaired) electrons. The van der Waals surface area contributed by atoms with Crippen LogP contribution in [0.5, 0.6) is 0 Å². The summed E-state index contributed by atoms with van der Waals surface area (Å²) in [6.45, 7) is 0.